The number of hydrogen-bond donors (Lipinski definition) is 1. The molecule has 0 fully saturated rings. The molecule has 2 rings (SSSR count). The molecule has 2 aliphatic rings. The molecule has 1 N–H and O–H groups in total. The van der Waals surface area contributed by atoms with Crippen LogP contribution in [0.2, 0.25) is 0 Å². The summed E-state index contributed by atoms with van der Waals surface area (Å²) in [7, 11) is 0. The van der Waals surface area contributed by atoms with Gasteiger partial charge in [0.2, 0.25) is 5.91 Å². The summed E-state index contributed by atoms with van der Waals surface area (Å²) in [5.41, 5.74) is 0.753. The van der Waals surface area contributed by atoms with Crippen LogP contribution in [-0.2, 0) is 14.3 Å². The predicted octanol–water partition coefficient (Wildman–Crippen LogP) is 0.118. The lowest BCUT2D eigenvalue weighted by atomic mass is 9.89. The largest absolute Gasteiger partial charge is 0.454 e. The van der Waals surface area contributed by atoms with Crippen molar-refractivity contribution in [3.63, 3.8) is 0 Å². The second kappa shape index (κ2) is 2.73. The highest BCUT2D eigenvalue weighted by atomic mass is 16.5. The second-order valence-corrected chi connectivity index (χ2v) is 3.14. The highest BCUT2D eigenvalue weighted by molar-refractivity contribution is 5.91. The molecule has 0 aromatic heterocycles. The van der Waals surface area contributed by atoms with Crippen LogP contribution < -0.4 is 5.32 Å². The molecule has 0 radical (unpaired) electrons. The van der Waals surface area contributed by atoms with Crippen molar-refractivity contribution in [2.24, 2.45) is 5.92 Å². The lowest BCUT2D eigenvalue weighted by Crippen LogP contribution is -2.43. The van der Waals surface area contributed by atoms with E-state index in [2.05, 4.69) is 5.32 Å². The number of nitrogens with one attached hydrogen (secondary N) is 1. The molecule has 1 amide bonds. The van der Waals surface area contributed by atoms with Crippen molar-refractivity contribution < 1.29 is 14.3 Å². The smallest absolute Gasteiger partial charge is 0.331 e. The average Bonchev–Trinajstić information content (AvgIpc) is 2.02. The first kappa shape index (κ1) is 8.04. The van der Waals surface area contributed by atoms with Gasteiger partial charge in [0.1, 0.15) is 12.0 Å². The Morgan fingerprint density at radius 2 is 2.23 bits per heavy atom. The van der Waals surface area contributed by atoms with Crippen LogP contribution in [0.4, 0.5) is 0 Å². The Balaban J connectivity index is 2.38. The maximum absolute atomic E-state index is 11.4. The van der Waals surface area contributed by atoms with Crippen LogP contribution in [-0.4, -0.2) is 18.0 Å². The van der Waals surface area contributed by atoms with E-state index in [1.54, 1.807) is 13.0 Å². The van der Waals surface area contributed by atoms with Crippen molar-refractivity contribution in [3.05, 3.63) is 23.9 Å². The molecular formula is C9H9NO3. The van der Waals surface area contributed by atoms with Crippen LogP contribution >= 0.6 is 0 Å². The molecule has 0 aromatic carbocycles. The first-order chi connectivity index (χ1) is 6.18. The van der Waals surface area contributed by atoms with E-state index in [4.69, 9.17) is 4.74 Å². The van der Waals surface area contributed by atoms with Gasteiger partial charge in [-0.15, -0.1) is 0 Å². The SMILES string of the molecule is CC1=CC(=O)OC2C=CNC(=O)C12. The minimum atomic E-state index is -0.425. The van der Waals surface area contributed by atoms with E-state index in [0.717, 1.165) is 5.57 Å². The highest BCUT2D eigenvalue weighted by Gasteiger charge is 2.36. The molecule has 0 aromatic rings. The summed E-state index contributed by atoms with van der Waals surface area (Å²) in [4.78, 5) is 22.3. The molecule has 0 aliphatic carbocycles. The molecule has 68 valence electrons. The van der Waals surface area contributed by atoms with E-state index in [0.29, 0.717) is 0 Å². The molecule has 2 unspecified atom stereocenters. The summed E-state index contributed by atoms with van der Waals surface area (Å²) in [6.45, 7) is 1.76. The van der Waals surface area contributed by atoms with Gasteiger partial charge in [0.25, 0.3) is 0 Å². The van der Waals surface area contributed by atoms with Gasteiger partial charge in [-0.3, -0.25) is 4.79 Å². The number of amides is 1. The number of fused-ring (bicyclic) bond motifs is 1. The Morgan fingerprint density at radius 1 is 1.46 bits per heavy atom. The second-order valence-electron chi connectivity index (χ2n) is 3.14. The van der Waals surface area contributed by atoms with E-state index in [1.807, 2.05) is 0 Å². The highest BCUT2D eigenvalue weighted by Crippen LogP contribution is 2.25. The van der Waals surface area contributed by atoms with Crippen LogP contribution in [0.5, 0.6) is 0 Å². The molecule has 2 aliphatic heterocycles. The fourth-order valence-electron chi connectivity index (χ4n) is 1.59. The molecule has 4 heteroatoms. The van der Waals surface area contributed by atoms with Crippen LogP contribution in [0, 0.1) is 5.92 Å². The van der Waals surface area contributed by atoms with Gasteiger partial charge in [0, 0.05) is 12.3 Å². The number of ether oxygens (including phenoxy) is 1. The lowest BCUT2D eigenvalue weighted by Gasteiger charge is -2.29. The number of hydrogen-bond acceptors (Lipinski definition) is 3. The van der Waals surface area contributed by atoms with Crippen LogP contribution in [0.15, 0.2) is 23.9 Å². The minimum Gasteiger partial charge on any atom is -0.454 e. The van der Waals surface area contributed by atoms with Gasteiger partial charge in [0.05, 0.1) is 0 Å². The third kappa shape index (κ3) is 1.24. The first-order valence-corrected chi connectivity index (χ1v) is 4.04. The maximum Gasteiger partial charge on any atom is 0.331 e. The molecule has 0 saturated heterocycles. The van der Waals surface area contributed by atoms with Crippen molar-refractivity contribution in [1.29, 1.82) is 0 Å². The molecule has 0 saturated carbocycles. The molecule has 0 bridgehead atoms. The van der Waals surface area contributed by atoms with Crippen molar-refractivity contribution in [1.82, 2.24) is 5.32 Å². The van der Waals surface area contributed by atoms with E-state index in [-0.39, 0.29) is 17.8 Å². The quantitative estimate of drug-likeness (QED) is 0.537. The van der Waals surface area contributed by atoms with Crippen molar-refractivity contribution in [2.45, 2.75) is 13.0 Å². The number of esters is 1. The van der Waals surface area contributed by atoms with Crippen molar-refractivity contribution >= 4 is 11.9 Å². The molecule has 13 heavy (non-hydrogen) atoms. The van der Waals surface area contributed by atoms with Gasteiger partial charge in [-0.1, -0.05) is 0 Å². The summed E-state index contributed by atoms with van der Waals surface area (Å²) in [6, 6.07) is 0. The summed E-state index contributed by atoms with van der Waals surface area (Å²) in [5, 5.41) is 2.57. The van der Waals surface area contributed by atoms with E-state index in [1.165, 1.54) is 12.3 Å². The van der Waals surface area contributed by atoms with E-state index < -0.39 is 6.10 Å². The van der Waals surface area contributed by atoms with Crippen LogP contribution in [0.1, 0.15) is 6.92 Å². The van der Waals surface area contributed by atoms with Crippen molar-refractivity contribution in [3.8, 4) is 0 Å². The number of carbonyl (C=O) groups is 2. The van der Waals surface area contributed by atoms with E-state index in [9.17, 15) is 9.59 Å². The standard InChI is InChI=1S/C9H9NO3/c1-5-4-7(11)13-6-2-3-10-9(12)8(5)6/h2-4,6,8H,1H3,(H,10,12). The zero-order valence-electron chi connectivity index (χ0n) is 7.11. The first-order valence-electron chi connectivity index (χ1n) is 4.04. The van der Waals surface area contributed by atoms with Crippen molar-refractivity contribution in [2.75, 3.05) is 0 Å². The van der Waals surface area contributed by atoms with Gasteiger partial charge >= 0.3 is 5.97 Å². The van der Waals surface area contributed by atoms with Gasteiger partial charge in [-0.25, -0.2) is 4.79 Å². The molecule has 2 atom stereocenters. The Bertz CT molecular complexity index is 330. The third-order valence-electron chi connectivity index (χ3n) is 2.21. The van der Waals surface area contributed by atoms with Gasteiger partial charge in [-0.05, 0) is 18.6 Å². The Morgan fingerprint density at radius 3 is 3.00 bits per heavy atom. The van der Waals surface area contributed by atoms with Crippen LogP contribution in [0.25, 0.3) is 0 Å². The third-order valence-corrected chi connectivity index (χ3v) is 2.21. The predicted molar refractivity (Wildman–Crippen MR) is 44.4 cm³/mol. The van der Waals surface area contributed by atoms with Gasteiger partial charge < -0.3 is 10.1 Å². The summed E-state index contributed by atoms with van der Waals surface area (Å²) in [6.07, 6.45) is 4.13. The normalized spacial score (nSPS) is 31.6. The van der Waals surface area contributed by atoms with Gasteiger partial charge in [-0.2, -0.15) is 0 Å². The molecule has 2 heterocycles. The minimum absolute atomic E-state index is 0.117. The Hall–Kier alpha value is -1.58. The zero-order valence-corrected chi connectivity index (χ0v) is 7.11. The summed E-state index contributed by atoms with van der Waals surface area (Å²) >= 11 is 0. The average molecular weight is 179 g/mol. The molecular weight excluding hydrogens is 170 g/mol. The van der Waals surface area contributed by atoms with E-state index >= 15 is 0 Å². The summed E-state index contributed by atoms with van der Waals surface area (Å²) < 4.78 is 4.97. The number of rotatable bonds is 0. The monoisotopic (exact) mass is 179 g/mol. The Kier molecular flexibility index (Phi) is 1.69. The lowest BCUT2D eigenvalue weighted by molar-refractivity contribution is -0.147. The topological polar surface area (TPSA) is 55.4 Å². The maximum atomic E-state index is 11.4. The molecule has 4 nitrogen and oxygen atoms in total. The van der Waals surface area contributed by atoms with Crippen LogP contribution in [0.3, 0.4) is 0 Å². The number of carbonyl (C=O) groups excluding carboxylic acids is 2. The molecule has 0 spiro atoms. The fraction of sp³-hybridized carbons (Fsp3) is 0.333. The zero-order chi connectivity index (χ0) is 9.42. The van der Waals surface area contributed by atoms with Gasteiger partial charge in [0.15, 0.2) is 0 Å². The summed E-state index contributed by atoms with van der Waals surface area (Å²) in [5.74, 6) is -0.838. The fourth-order valence-corrected chi connectivity index (χ4v) is 1.59. The Labute approximate surface area is 75.3 Å².